The summed E-state index contributed by atoms with van der Waals surface area (Å²) in [5.74, 6) is 0.175. The molecular formula is C20H24N4O2. The van der Waals surface area contributed by atoms with E-state index < -0.39 is 5.97 Å². The number of hydrogen-bond acceptors (Lipinski definition) is 6. The second-order valence-electron chi connectivity index (χ2n) is 7.38. The highest BCUT2D eigenvalue weighted by atomic mass is 16.5. The lowest BCUT2D eigenvalue weighted by Gasteiger charge is -2.42. The average molecular weight is 352 g/mol. The van der Waals surface area contributed by atoms with E-state index in [1.165, 1.54) is 18.2 Å². The molecule has 4 rings (SSSR count). The third kappa shape index (κ3) is 2.65. The summed E-state index contributed by atoms with van der Waals surface area (Å²) in [4.78, 5) is 23.0. The van der Waals surface area contributed by atoms with Crippen LogP contribution in [0.3, 0.4) is 0 Å². The Bertz CT molecular complexity index is 843. The van der Waals surface area contributed by atoms with Crippen LogP contribution in [0.5, 0.6) is 0 Å². The van der Waals surface area contributed by atoms with Gasteiger partial charge in [0, 0.05) is 25.3 Å². The van der Waals surface area contributed by atoms with Crippen LogP contribution in [0.4, 0.5) is 5.82 Å². The van der Waals surface area contributed by atoms with Crippen molar-refractivity contribution >= 4 is 11.8 Å². The number of nitrogens with two attached hydrogens (primary N) is 1. The van der Waals surface area contributed by atoms with Gasteiger partial charge in [0.05, 0.1) is 12.8 Å². The summed E-state index contributed by atoms with van der Waals surface area (Å²) in [6.07, 6.45) is 4.57. The number of fused-ring (bicyclic) bond motifs is 1. The molecule has 0 saturated carbocycles. The van der Waals surface area contributed by atoms with Gasteiger partial charge in [-0.1, -0.05) is 24.3 Å². The maximum Gasteiger partial charge on any atom is 0.360 e. The highest BCUT2D eigenvalue weighted by Crippen LogP contribution is 2.50. The molecule has 136 valence electrons. The zero-order valence-electron chi connectivity index (χ0n) is 15.2. The van der Waals surface area contributed by atoms with Crippen LogP contribution in [-0.2, 0) is 11.2 Å². The Balaban J connectivity index is 1.57. The maximum atomic E-state index is 12.1. The minimum Gasteiger partial charge on any atom is -0.464 e. The second-order valence-corrected chi connectivity index (χ2v) is 7.38. The van der Waals surface area contributed by atoms with Crippen molar-refractivity contribution in [2.45, 2.75) is 32.2 Å². The van der Waals surface area contributed by atoms with E-state index in [4.69, 9.17) is 10.5 Å². The van der Waals surface area contributed by atoms with Gasteiger partial charge in [0.1, 0.15) is 0 Å². The molecule has 1 aliphatic carbocycles. The van der Waals surface area contributed by atoms with E-state index in [0.717, 1.165) is 38.0 Å². The number of benzene rings is 1. The third-order valence-electron chi connectivity index (χ3n) is 5.90. The first kappa shape index (κ1) is 17.0. The molecule has 1 unspecified atom stereocenters. The minimum atomic E-state index is -0.447. The molecule has 0 amide bonds. The number of carbonyl (C=O) groups excluding carboxylic acids is 1. The lowest BCUT2D eigenvalue weighted by Crippen LogP contribution is -2.45. The van der Waals surface area contributed by atoms with Gasteiger partial charge in [0.2, 0.25) is 0 Å². The topological polar surface area (TPSA) is 81.3 Å². The summed E-state index contributed by atoms with van der Waals surface area (Å²) in [6, 6.07) is 8.58. The minimum absolute atomic E-state index is 0.0736. The fourth-order valence-corrected chi connectivity index (χ4v) is 4.40. The van der Waals surface area contributed by atoms with Gasteiger partial charge in [-0.25, -0.2) is 14.8 Å². The monoisotopic (exact) mass is 352 g/mol. The number of rotatable bonds is 2. The molecule has 1 aromatic heterocycles. The summed E-state index contributed by atoms with van der Waals surface area (Å²) in [7, 11) is 1.37. The van der Waals surface area contributed by atoms with E-state index in [1.54, 1.807) is 6.20 Å². The van der Waals surface area contributed by atoms with Crippen LogP contribution < -0.4 is 10.6 Å². The van der Waals surface area contributed by atoms with E-state index in [9.17, 15) is 4.79 Å². The molecule has 6 heteroatoms. The van der Waals surface area contributed by atoms with Crippen molar-refractivity contribution in [3.8, 4) is 0 Å². The van der Waals surface area contributed by atoms with Crippen LogP contribution in [0, 0.1) is 12.3 Å². The quantitative estimate of drug-likeness (QED) is 0.836. The second kappa shape index (κ2) is 6.36. The number of nitrogens with zero attached hydrogens (tertiary/aromatic N) is 3. The van der Waals surface area contributed by atoms with Crippen LogP contribution >= 0.6 is 0 Å². The van der Waals surface area contributed by atoms with Crippen molar-refractivity contribution in [3.05, 3.63) is 53.0 Å². The predicted molar refractivity (Wildman–Crippen MR) is 99.1 cm³/mol. The number of carbonyl (C=O) groups is 1. The van der Waals surface area contributed by atoms with E-state index >= 15 is 0 Å². The van der Waals surface area contributed by atoms with Gasteiger partial charge < -0.3 is 15.4 Å². The number of ether oxygens (including phenoxy) is 1. The van der Waals surface area contributed by atoms with Crippen LogP contribution in [0.25, 0.3) is 0 Å². The summed E-state index contributed by atoms with van der Waals surface area (Å²) >= 11 is 0. The number of methoxy groups -OCH3 is 1. The average Bonchev–Trinajstić information content (AvgIpc) is 2.94. The van der Waals surface area contributed by atoms with E-state index in [0.29, 0.717) is 5.82 Å². The number of anilines is 1. The zero-order chi connectivity index (χ0) is 18.3. The fraction of sp³-hybridized carbons (Fsp3) is 0.450. The standard InChI is InChI=1S/C20H24N4O2/c1-13-12-22-16(19(25)26-2)18(23-13)24-9-7-20(8-10-24)11-14-5-3-4-6-15(14)17(20)21/h3-6,12,17H,7-11,21H2,1-2H3. The van der Waals surface area contributed by atoms with Gasteiger partial charge in [-0.2, -0.15) is 0 Å². The first-order valence-electron chi connectivity index (χ1n) is 9.04. The Labute approximate surface area is 153 Å². The highest BCUT2D eigenvalue weighted by Gasteiger charge is 2.46. The molecule has 2 aliphatic rings. The molecule has 1 spiro atoms. The van der Waals surface area contributed by atoms with E-state index in [1.807, 2.05) is 6.92 Å². The molecule has 1 atom stereocenters. The Morgan fingerprint density at radius 1 is 1.31 bits per heavy atom. The molecule has 26 heavy (non-hydrogen) atoms. The van der Waals surface area contributed by atoms with Crippen molar-refractivity contribution in [1.29, 1.82) is 0 Å². The van der Waals surface area contributed by atoms with E-state index in [2.05, 4.69) is 39.1 Å². The van der Waals surface area contributed by atoms with Crippen molar-refractivity contribution < 1.29 is 9.53 Å². The van der Waals surface area contributed by atoms with Gasteiger partial charge in [-0.05, 0) is 42.7 Å². The SMILES string of the molecule is COC(=O)c1ncc(C)nc1N1CCC2(CC1)Cc1ccccc1C2N. The summed E-state index contributed by atoms with van der Waals surface area (Å²) < 4.78 is 4.87. The Hall–Kier alpha value is -2.47. The normalized spacial score (nSPS) is 20.9. The Morgan fingerprint density at radius 2 is 2.04 bits per heavy atom. The lowest BCUT2D eigenvalue weighted by molar-refractivity contribution is 0.0594. The smallest absolute Gasteiger partial charge is 0.360 e. The molecule has 2 heterocycles. The molecule has 2 N–H and O–H groups in total. The van der Waals surface area contributed by atoms with Crippen LogP contribution in [0.2, 0.25) is 0 Å². The molecule has 6 nitrogen and oxygen atoms in total. The number of piperidine rings is 1. The number of aromatic nitrogens is 2. The third-order valence-corrected chi connectivity index (χ3v) is 5.90. The number of esters is 1. The highest BCUT2D eigenvalue weighted by molar-refractivity contribution is 5.92. The summed E-state index contributed by atoms with van der Waals surface area (Å²) in [6.45, 7) is 3.50. The molecular weight excluding hydrogens is 328 g/mol. The van der Waals surface area contributed by atoms with Crippen molar-refractivity contribution in [2.24, 2.45) is 11.1 Å². The molecule has 1 fully saturated rings. The van der Waals surface area contributed by atoms with Crippen molar-refractivity contribution in [3.63, 3.8) is 0 Å². The number of aryl methyl sites for hydroxylation is 1. The van der Waals surface area contributed by atoms with Crippen molar-refractivity contribution in [1.82, 2.24) is 9.97 Å². The summed E-state index contributed by atoms with van der Waals surface area (Å²) in [5, 5.41) is 0. The maximum absolute atomic E-state index is 12.1. The van der Waals surface area contributed by atoms with Gasteiger partial charge in [0.25, 0.3) is 0 Å². The Morgan fingerprint density at radius 3 is 2.73 bits per heavy atom. The Kier molecular flexibility index (Phi) is 4.15. The van der Waals surface area contributed by atoms with Crippen LogP contribution in [-0.4, -0.2) is 36.1 Å². The molecule has 1 aromatic carbocycles. The van der Waals surface area contributed by atoms with Crippen LogP contribution in [0.1, 0.15) is 46.2 Å². The predicted octanol–water partition coefficient (Wildman–Crippen LogP) is 2.41. The summed E-state index contributed by atoms with van der Waals surface area (Å²) in [5.41, 5.74) is 10.5. The molecule has 1 saturated heterocycles. The van der Waals surface area contributed by atoms with Crippen molar-refractivity contribution in [2.75, 3.05) is 25.1 Å². The number of hydrogen-bond donors (Lipinski definition) is 1. The fourth-order valence-electron chi connectivity index (χ4n) is 4.40. The first-order valence-corrected chi connectivity index (χ1v) is 9.04. The van der Waals surface area contributed by atoms with Gasteiger partial charge in [-0.15, -0.1) is 0 Å². The molecule has 0 radical (unpaired) electrons. The largest absolute Gasteiger partial charge is 0.464 e. The molecule has 0 bridgehead atoms. The van der Waals surface area contributed by atoms with E-state index in [-0.39, 0.29) is 17.2 Å². The van der Waals surface area contributed by atoms with Gasteiger partial charge in [-0.3, -0.25) is 0 Å². The lowest BCUT2D eigenvalue weighted by atomic mass is 9.73. The zero-order valence-corrected chi connectivity index (χ0v) is 15.2. The molecule has 2 aromatic rings. The van der Waals surface area contributed by atoms with Crippen LogP contribution in [0.15, 0.2) is 30.5 Å². The van der Waals surface area contributed by atoms with Gasteiger partial charge in [0.15, 0.2) is 11.5 Å². The van der Waals surface area contributed by atoms with Gasteiger partial charge >= 0.3 is 5.97 Å². The molecule has 1 aliphatic heterocycles. The first-order chi connectivity index (χ1) is 12.5.